The van der Waals surface area contributed by atoms with E-state index in [9.17, 15) is 4.79 Å². The molecule has 0 aliphatic carbocycles. The van der Waals surface area contributed by atoms with Gasteiger partial charge in [0.05, 0.1) is 6.61 Å². The van der Waals surface area contributed by atoms with Gasteiger partial charge in [-0.1, -0.05) is 24.3 Å². The summed E-state index contributed by atoms with van der Waals surface area (Å²) in [5, 5.41) is 13.8. The maximum absolute atomic E-state index is 12.7. The second kappa shape index (κ2) is 7.90. The molecule has 0 radical (unpaired) electrons. The number of nitrogens with zero attached hydrogens (tertiary/aromatic N) is 1. The Labute approximate surface area is 162 Å². The molecule has 0 spiro atoms. The zero-order chi connectivity index (χ0) is 19.3. The minimum Gasteiger partial charge on any atom is -0.457 e. The van der Waals surface area contributed by atoms with Gasteiger partial charge in [0.25, 0.3) is 5.91 Å². The van der Waals surface area contributed by atoms with Crippen molar-refractivity contribution in [3.63, 3.8) is 0 Å². The molecule has 5 nitrogen and oxygen atoms in total. The molecule has 1 aromatic heterocycles. The van der Waals surface area contributed by atoms with Crippen molar-refractivity contribution in [2.24, 2.45) is 0 Å². The smallest absolute Gasteiger partial charge is 0.256 e. The van der Waals surface area contributed by atoms with E-state index in [1.165, 1.54) is 0 Å². The van der Waals surface area contributed by atoms with E-state index in [4.69, 9.17) is 9.84 Å². The van der Waals surface area contributed by atoms with Crippen molar-refractivity contribution in [1.29, 1.82) is 0 Å². The molecule has 4 rings (SSSR count). The van der Waals surface area contributed by atoms with Crippen LogP contribution >= 0.6 is 0 Å². The van der Waals surface area contributed by atoms with E-state index in [0.717, 1.165) is 16.3 Å². The first-order valence-electron chi connectivity index (χ1n) is 8.85. The number of fused-ring (bicyclic) bond motifs is 1. The minimum atomic E-state index is -0.176. The maximum atomic E-state index is 12.7. The van der Waals surface area contributed by atoms with Gasteiger partial charge in [-0.05, 0) is 59.5 Å². The molecule has 2 N–H and O–H groups in total. The highest BCUT2D eigenvalue weighted by Gasteiger charge is 2.10. The Bertz CT molecular complexity index is 1100. The largest absolute Gasteiger partial charge is 0.457 e. The number of rotatable bonds is 5. The van der Waals surface area contributed by atoms with Gasteiger partial charge in [0.2, 0.25) is 0 Å². The fraction of sp³-hybridized carbons (Fsp3) is 0.0435. The van der Waals surface area contributed by atoms with Crippen molar-refractivity contribution in [2.45, 2.75) is 6.61 Å². The van der Waals surface area contributed by atoms with Crippen LogP contribution in [0.1, 0.15) is 15.9 Å². The minimum absolute atomic E-state index is 0.00187. The van der Waals surface area contributed by atoms with Gasteiger partial charge < -0.3 is 15.2 Å². The molecular weight excluding hydrogens is 352 g/mol. The van der Waals surface area contributed by atoms with Gasteiger partial charge in [-0.2, -0.15) is 0 Å². The first-order valence-corrected chi connectivity index (χ1v) is 8.85. The maximum Gasteiger partial charge on any atom is 0.256 e. The van der Waals surface area contributed by atoms with Crippen molar-refractivity contribution in [3.8, 4) is 11.5 Å². The average molecular weight is 370 g/mol. The first-order chi connectivity index (χ1) is 13.7. The summed E-state index contributed by atoms with van der Waals surface area (Å²) in [5.41, 5.74) is 2.11. The molecule has 0 bridgehead atoms. The summed E-state index contributed by atoms with van der Waals surface area (Å²) >= 11 is 0. The van der Waals surface area contributed by atoms with Crippen molar-refractivity contribution < 1.29 is 14.6 Å². The summed E-state index contributed by atoms with van der Waals surface area (Å²) in [7, 11) is 0. The molecule has 138 valence electrons. The van der Waals surface area contributed by atoms with E-state index in [1.54, 1.807) is 54.9 Å². The molecule has 0 aliphatic heterocycles. The Balaban J connectivity index is 1.47. The summed E-state index contributed by atoms with van der Waals surface area (Å²) in [4.78, 5) is 16.8. The number of pyridine rings is 1. The molecule has 4 aromatic rings. The number of carbonyl (C=O) groups is 1. The molecule has 3 aromatic carbocycles. The zero-order valence-electron chi connectivity index (χ0n) is 15.0. The Kier molecular flexibility index (Phi) is 4.99. The van der Waals surface area contributed by atoms with Crippen molar-refractivity contribution in [1.82, 2.24) is 4.98 Å². The van der Waals surface area contributed by atoms with E-state index in [2.05, 4.69) is 10.3 Å². The van der Waals surface area contributed by atoms with E-state index in [1.807, 2.05) is 30.3 Å². The lowest BCUT2D eigenvalue weighted by Crippen LogP contribution is -2.12. The fourth-order valence-electron chi connectivity index (χ4n) is 2.92. The Hall–Kier alpha value is -3.70. The number of nitrogens with one attached hydrogen (secondary N) is 1. The summed E-state index contributed by atoms with van der Waals surface area (Å²) < 4.78 is 5.78. The second-order valence-corrected chi connectivity index (χ2v) is 6.29. The van der Waals surface area contributed by atoms with Crippen LogP contribution in [-0.2, 0) is 6.61 Å². The SMILES string of the molecule is O=C(Nc1ccc(Oc2ccc(CO)cc2)cc1)c1cccc2cnccc12. The summed E-state index contributed by atoms with van der Waals surface area (Å²) in [6.07, 6.45) is 3.42. The lowest BCUT2D eigenvalue weighted by molar-refractivity contribution is 0.102. The molecule has 0 atom stereocenters. The Morgan fingerprint density at radius 1 is 0.929 bits per heavy atom. The third-order valence-electron chi connectivity index (χ3n) is 4.38. The monoisotopic (exact) mass is 370 g/mol. The van der Waals surface area contributed by atoms with E-state index >= 15 is 0 Å². The number of aliphatic hydroxyl groups is 1. The molecule has 0 unspecified atom stereocenters. The predicted octanol–water partition coefficient (Wildman–Crippen LogP) is 4.77. The van der Waals surface area contributed by atoms with E-state index in [-0.39, 0.29) is 12.5 Å². The molecule has 5 heteroatoms. The van der Waals surface area contributed by atoms with Crippen LogP contribution in [0, 0.1) is 0 Å². The van der Waals surface area contributed by atoms with Crippen LogP contribution in [0.3, 0.4) is 0 Å². The third-order valence-corrected chi connectivity index (χ3v) is 4.38. The predicted molar refractivity (Wildman–Crippen MR) is 109 cm³/mol. The third kappa shape index (κ3) is 3.84. The van der Waals surface area contributed by atoms with Gasteiger partial charge in [-0.25, -0.2) is 0 Å². The number of aliphatic hydroxyl groups excluding tert-OH is 1. The molecule has 0 saturated carbocycles. The molecule has 0 aliphatic rings. The quantitative estimate of drug-likeness (QED) is 0.531. The second-order valence-electron chi connectivity index (χ2n) is 6.29. The van der Waals surface area contributed by atoms with Gasteiger partial charge in [0.15, 0.2) is 0 Å². The molecule has 1 heterocycles. The number of anilines is 1. The normalized spacial score (nSPS) is 10.6. The standard InChI is InChI=1S/C23H18N2O3/c26-15-16-4-8-19(9-5-16)28-20-10-6-18(7-11-20)25-23(27)22-3-1-2-17-14-24-13-12-21(17)22/h1-14,26H,15H2,(H,25,27). The highest BCUT2D eigenvalue weighted by molar-refractivity contribution is 6.12. The van der Waals surface area contributed by atoms with Gasteiger partial charge in [-0.15, -0.1) is 0 Å². The van der Waals surface area contributed by atoms with Crippen LogP contribution in [0.5, 0.6) is 11.5 Å². The highest BCUT2D eigenvalue weighted by Crippen LogP contribution is 2.24. The van der Waals surface area contributed by atoms with Crippen molar-refractivity contribution in [3.05, 3.63) is 96.3 Å². The van der Waals surface area contributed by atoms with Gasteiger partial charge in [0.1, 0.15) is 11.5 Å². The summed E-state index contributed by atoms with van der Waals surface area (Å²) in [6, 6.07) is 21.8. The number of hydrogen-bond donors (Lipinski definition) is 2. The number of aromatic nitrogens is 1. The van der Waals surface area contributed by atoms with Gasteiger partial charge >= 0.3 is 0 Å². The molecule has 0 fully saturated rings. The number of benzene rings is 3. The molecule has 0 saturated heterocycles. The number of amides is 1. The number of ether oxygens (including phenoxy) is 1. The van der Waals surface area contributed by atoms with Crippen LogP contribution in [0.25, 0.3) is 10.8 Å². The Morgan fingerprint density at radius 2 is 1.64 bits per heavy atom. The molecular formula is C23H18N2O3. The lowest BCUT2D eigenvalue weighted by Gasteiger charge is -2.10. The topological polar surface area (TPSA) is 71.5 Å². The van der Waals surface area contributed by atoms with Crippen LogP contribution in [-0.4, -0.2) is 16.0 Å². The van der Waals surface area contributed by atoms with Gasteiger partial charge in [-0.3, -0.25) is 9.78 Å². The van der Waals surface area contributed by atoms with Crippen LogP contribution in [0.15, 0.2) is 85.2 Å². The van der Waals surface area contributed by atoms with Crippen LogP contribution in [0.2, 0.25) is 0 Å². The van der Waals surface area contributed by atoms with E-state index in [0.29, 0.717) is 22.7 Å². The van der Waals surface area contributed by atoms with Gasteiger partial charge in [0, 0.05) is 29.0 Å². The Morgan fingerprint density at radius 3 is 2.36 bits per heavy atom. The van der Waals surface area contributed by atoms with Crippen molar-refractivity contribution in [2.75, 3.05) is 5.32 Å². The van der Waals surface area contributed by atoms with E-state index < -0.39 is 0 Å². The first kappa shape index (κ1) is 17.7. The summed E-state index contributed by atoms with van der Waals surface area (Å²) in [6.45, 7) is 0.00187. The summed E-state index contributed by atoms with van der Waals surface area (Å²) in [5.74, 6) is 1.16. The molecule has 1 amide bonds. The number of carbonyl (C=O) groups excluding carboxylic acids is 1. The van der Waals surface area contributed by atoms with Crippen LogP contribution < -0.4 is 10.1 Å². The number of hydrogen-bond acceptors (Lipinski definition) is 4. The average Bonchev–Trinajstić information content (AvgIpc) is 2.75. The highest BCUT2D eigenvalue weighted by atomic mass is 16.5. The lowest BCUT2D eigenvalue weighted by atomic mass is 10.1. The zero-order valence-corrected chi connectivity index (χ0v) is 15.0. The molecule has 28 heavy (non-hydrogen) atoms. The van der Waals surface area contributed by atoms with Crippen LogP contribution in [0.4, 0.5) is 5.69 Å². The fourth-order valence-corrected chi connectivity index (χ4v) is 2.92. The van der Waals surface area contributed by atoms with Crippen molar-refractivity contribution >= 4 is 22.4 Å².